The second kappa shape index (κ2) is 15.7. The lowest BCUT2D eigenvalue weighted by Gasteiger charge is -2.32. The molecule has 3 N–H and O–H groups in total. The molecule has 0 unspecified atom stereocenters. The van der Waals surface area contributed by atoms with Gasteiger partial charge in [0.1, 0.15) is 17.7 Å². The van der Waals surface area contributed by atoms with Gasteiger partial charge in [0.2, 0.25) is 10.0 Å². The van der Waals surface area contributed by atoms with Crippen LogP contribution in [0, 0.1) is 5.41 Å². The summed E-state index contributed by atoms with van der Waals surface area (Å²) in [4.78, 5) is 14.6. The molecule has 3 aromatic carbocycles. The SMILES string of the molecule is CCOC(=O)CS(=O)(=O)N(C/C=C/c1cccc(C(=N)N)c1)c1ccc(OC2CCN(CCc3ccccc3)CC2)c(Cl)c1. The van der Waals surface area contributed by atoms with Gasteiger partial charge in [-0.15, -0.1) is 0 Å². The van der Waals surface area contributed by atoms with Gasteiger partial charge in [0, 0.05) is 25.2 Å². The van der Waals surface area contributed by atoms with Crippen LogP contribution in [-0.4, -0.2) is 69.8 Å². The van der Waals surface area contributed by atoms with E-state index in [0.29, 0.717) is 17.0 Å². The van der Waals surface area contributed by atoms with Gasteiger partial charge in [-0.1, -0.05) is 72.3 Å². The van der Waals surface area contributed by atoms with E-state index in [9.17, 15) is 13.2 Å². The van der Waals surface area contributed by atoms with E-state index in [1.54, 1.807) is 55.5 Å². The Morgan fingerprint density at radius 2 is 1.84 bits per heavy atom. The summed E-state index contributed by atoms with van der Waals surface area (Å²) in [5, 5.41) is 7.92. The number of rotatable bonds is 14. The van der Waals surface area contributed by atoms with Crippen LogP contribution in [-0.2, 0) is 26.0 Å². The fourth-order valence-corrected chi connectivity index (χ4v) is 6.51. The summed E-state index contributed by atoms with van der Waals surface area (Å²) in [7, 11) is -4.11. The number of ether oxygens (including phenoxy) is 2. The molecule has 0 bridgehead atoms. The summed E-state index contributed by atoms with van der Waals surface area (Å²) in [6, 6.07) is 22.3. The van der Waals surface area contributed by atoms with Crippen molar-refractivity contribution in [1.29, 1.82) is 5.41 Å². The number of anilines is 1. The van der Waals surface area contributed by atoms with Crippen molar-refractivity contribution < 1.29 is 22.7 Å². The first-order chi connectivity index (χ1) is 21.1. The third-order valence-electron chi connectivity index (χ3n) is 7.31. The fourth-order valence-electron chi connectivity index (χ4n) is 5.01. The maximum absolute atomic E-state index is 13.4. The van der Waals surface area contributed by atoms with Gasteiger partial charge in [-0.05, 0) is 61.6 Å². The van der Waals surface area contributed by atoms with Gasteiger partial charge in [0.15, 0.2) is 5.75 Å². The number of nitrogens with zero attached hydrogens (tertiary/aromatic N) is 2. The van der Waals surface area contributed by atoms with E-state index in [1.807, 2.05) is 12.1 Å². The number of piperidine rings is 1. The number of esters is 1. The Hall–Kier alpha value is -3.86. The highest BCUT2D eigenvalue weighted by Crippen LogP contribution is 2.33. The number of carbonyl (C=O) groups is 1. The standard InChI is InChI=1S/C33H39ClN4O5S/c1-2-42-32(39)24-44(40,41)38(18-7-11-26-10-6-12-27(22-26)33(35)36)28-13-14-31(30(34)23-28)43-29-16-20-37(21-17-29)19-15-25-8-4-3-5-9-25/h3-14,22-23,29H,2,15-21,24H2,1H3,(H3,35,36)/b11-7+. The maximum atomic E-state index is 13.4. The lowest BCUT2D eigenvalue weighted by atomic mass is 10.1. The van der Waals surface area contributed by atoms with Crippen LogP contribution in [0.4, 0.5) is 5.69 Å². The summed E-state index contributed by atoms with van der Waals surface area (Å²) in [6.07, 6.45) is 6.13. The van der Waals surface area contributed by atoms with Crippen molar-refractivity contribution in [3.05, 3.63) is 101 Å². The number of halogens is 1. The van der Waals surface area contributed by atoms with Crippen molar-refractivity contribution in [1.82, 2.24) is 4.90 Å². The average Bonchev–Trinajstić information content (AvgIpc) is 3.00. The van der Waals surface area contributed by atoms with Gasteiger partial charge in [0.25, 0.3) is 0 Å². The van der Waals surface area contributed by atoms with E-state index in [1.165, 1.54) is 5.56 Å². The average molecular weight is 639 g/mol. The molecule has 0 radical (unpaired) electrons. The number of nitrogens with two attached hydrogens (primary N) is 1. The largest absolute Gasteiger partial charge is 0.489 e. The number of sulfonamides is 1. The Morgan fingerprint density at radius 3 is 2.52 bits per heavy atom. The van der Waals surface area contributed by atoms with Gasteiger partial charge in [-0.2, -0.15) is 0 Å². The highest BCUT2D eigenvalue weighted by molar-refractivity contribution is 7.93. The fraction of sp³-hybridized carbons (Fsp3) is 0.333. The van der Waals surface area contributed by atoms with Crippen LogP contribution in [0.1, 0.15) is 36.5 Å². The van der Waals surface area contributed by atoms with Crippen LogP contribution in [0.3, 0.4) is 0 Å². The van der Waals surface area contributed by atoms with Gasteiger partial charge in [-0.3, -0.25) is 14.5 Å². The molecule has 1 aliphatic rings. The smallest absolute Gasteiger partial charge is 0.323 e. The van der Waals surface area contributed by atoms with Crippen LogP contribution < -0.4 is 14.8 Å². The Labute approximate surface area is 264 Å². The van der Waals surface area contributed by atoms with Gasteiger partial charge >= 0.3 is 5.97 Å². The van der Waals surface area contributed by atoms with Crippen LogP contribution in [0.25, 0.3) is 6.08 Å². The van der Waals surface area contributed by atoms with Crippen LogP contribution in [0.15, 0.2) is 78.9 Å². The second-order valence-electron chi connectivity index (χ2n) is 10.5. The molecule has 0 aromatic heterocycles. The number of hydrogen-bond acceptors (Lipinski definition) is 7. The Kier molecular flexibility index (Phi) is 11.8. The molecule has 1 fully saturated rings. The molecular weight excluding hydrogens is 600 g/mol. The lowest BCUT2D eigenvalue weighted by Crippen LogP contribution is -2.39. The van der Waals surface area contributed by atoms with Gasteiger partial charge in [-0.25, -0.2) is 8.42 Å². The Bertz CT molecular complexity index is 1560. The molecule has 0 atom stereocenters. The highest BCUT2D eigenvalue weighted by atomic mass is 35.5. The number of amidine groups is 1. The lowest BCUT2D eigenvalue weighted by molar-refractivity contribution is -0.139. The molecule has 9 nitrogen and oxygen atoms in total. The first-order valence-corrected chi connectivity index (χ1v) is 16.6. The molecule has 4 rings (SSSR count). The molecule has 0 aliphatic carbocycles. The van der Waals surface area contributed by atoms with E-state index < -0.39 is 21.7 Å². The molecule has 0 saturated carbocycles. The Balaban J connectivity index is 1.43. The number of nitrogen functional groups attached to an aromatic ring is 1. The zero-order valence-corrected chi connectivity index (χ0v) is 26.4. The summed E-state index contributed by atoms with van der Waals surface area (Å²) in [5.74, 6) is -1.23. The zero-order valence-electron chi connectivity index (χ0n) is 24.8. The molecule has 0 spiro atoms. The minimum atomic E-state index is -4.11. The van der Waals surface area contributed by atoms with E-state index in [0.717, 1.165) is 48.8 Å². The molecule has 1 saturated heterocycles. The van der Waals surface area contributed by atoms with Crippen molar-refractivity contribution in [3.8, 4) is 5.75 Å². The van der Waals surface area contributed by atoms with Crippen LogP contribution in [0.5, 0.6) is 5.75 Å². The third kappa shape index (κ3) is 9.57. The Morgan fingerprint density at radius 1 is 1.09 bits per heavy atom. The van der Waals surface area contributed by atoms with E-state index in [4.69, 9.17) is 32.2 Å². The molecule has 11 heteroatoms. The first-order valence-electron chi connectivity index (χ1n) is 14.6. The van der Waals surface area contributed by atoms with Crippen molar-refractivity contribution in [2.24, 2.45) is 5.73 Å². The number of carbonyl (C=O) groups excluding carboxylic acids is 1. The monoisotopic (exact) mass is 638 g/mol. The second-order valence-corrected chi connectivity index (χ2v) is 12.8. The number of benzene rings is 3. The maximum Gasteiger partial charge on any atom is 0.323 e. The molecule has 0 amide bonds. The van der Waals surface area contributed by atoms with Crippen LogP contribution >= 0.6 is 11.6 Å². The molecule has 1 heterocycles. The summed E-state index contributed by atoms with van der Waals surface area (Å²) >= 11 is 6.62. The van der Waals surface area contributed by atoms with Crippen molar-refractivity contribution >= 4 is 45.2 Å². The molecular formula is C33H39ClN4O5S. The molecule has 44 heavy (non-hydrogen) atoms. The van der Waals surface area contributed by atoms with Gasteiger partial charge < -0.3 is 20.1 Å². The summed E-state index contributed by atoms with van der Waals surface area (Å²) in [6.45, 7) is 4.48. The quantitative estimate of drug-likeness (QED) is 0.143. The third-order valence-corrected chi connectivity index (χ3v) is 9.24. The highest BCUT2D eigenvalue weighted by Gasteiger charge is 2.27. The number of likely N-dealkylation sites (tertiary alicyclic amines) is 1. The summed E-state index contributed by atoms with van der Waals surface area (Å²) in [5.41, 5.74) is 8.51. The van der Waals surface area contributed by atoms with E-state index in [2.05, 4.69) is 29.2 Å². The van der Waals surface area contributed by atoms with Crippen LogP contribution in [0.2, 0.25) is 5.02 Å². The number of nitrogens with one attached hydrogen (secondary N) is 1. The normalized spacial score (nSPS) is 14.4. The molecule has 234 valence electrons. The summed E-state index contributed by atoms with van der Waals surface area (Å²) < 4.78 is 39.0. The van der Waals surface area contributed by atoms with E-state index >= 15 is 0 Å². The van der Waals surface area contributed by atoms with E-state index in [-0.39, 0.29) is 30.1 Å². The van der Waals surface area contributed by atoms with Crippen molar-refractivity contribution in [2.75, 3.05) is 42.8 Å². The molecule has 3 aromatic rings. The van der Waals surface area contributed by atoms with Gasteiger partial charge in [0.05, 0.1) is 23.9 Å². The minimum Gasteiger partial charge on any atom is -0.489 e. The zero-order chi connectivity index (χ0) is 31.5. The van der Waals surface area contributed by atoms with Crippen molar-refractivity contribution in [3.63, 3.8) is 0 Å². The minimum absolute atomic E-state index is 0.00340. The first kappa shape index (κ1) is 33.0. The van der Waals surface area contributed by atoms with Crippen molar-refractivity contribution in [2.45, 2.75) is 32.3 Å². The predicted molar refractivity (Wildman–Crippen MR) is 176 cm³/mol. The molecule has 1 aliphatic heterocycles. The number of hydrogen-bond donors (Lipinski definition) is 2. The predicted octanol–water partition coefficient (Wildman–Crippen LogP) is 5.12. The topological polar surface area (TPSA) is 126 Å².